The molecule has 0 saturated carbocycles. The normalized spacial score (nSPS) is 10.2. The van der Waals surface area contributed by atoms with E-state index in [0.29, 0.717) is 25.5 Å². The molecule has 0 atom stereocenters. The first kappa shape index (κ1) is 16.2. The summed E-state index contributed by atoms with van der Waals surface area (Å²) in [6, 6.07) is 0. The first-order valence-corrected chi connectivity index (χ1v) is 7.14. The second-order valence-electron chi connectivity index (χ2n) is 4.49. The maximum absolute atomic E-state index is 11.2. The van der Waals surface area contributed by atoms with Gasteiger partial charge in [0, 0.05) is 31.3 Å². The molecule has 6 nitrogen and oxygen atoms in total. The maximum atomic E-state index is 11.2. The van der Waals surface area contributed by atoms with Gasteiger partial charge in [-0.3, -0.25) is 4.79 Å². The Bertz CT molecular complexity index is 424. The zero-order valence-corrected chi connectivity index (χ0v) is 12.5. The second-order valence-corrected chi connectivity index (χ2v) is 4.49. The van der Waals surface area contributed by atoms with E-state index >= 15 is 0 Å². The zero-order chi connectivity index (χ0) is 14.8. The van der Waals surface area contributed by atoms with Crippen molar-refractivity contribution in [3.05, 3.63) is 11.8 Å². The number of rotatable bonds is 9. The summed E-state index contributed by atoms with van der Waals surface area (Å²) >= 11 is 0. The van der Waals surface area contributed by atoms with Crippen LogP contribution >= 0.6 is 0 Å². The van der Waals surface area contributed by atoms with Gasteiger partial charge in [-0.15, -0.1) is 0 Å². The summed E-state index contributed by atoms with van der Waals surface area (Å²) in [5.74, 6) is 1.28. The van der Waals surface area contributed by atoms with E-state index in [1.165, 1.54) is 0 Å². The van der Waals surface area contributed by atoms with Gasteiger partial charge in [0.1, 0.15) is 5.82 Å². The van der Waals surface area contributed by atoms with E-state index < -0.39 is 0 Å². The molecule has 0 radical (unpaired) electrons. The Hall–Kier alpha value is -1.85. The van der Waals surface area contributed by atoms with Crippen molar-refractivity contribution in [1.29, 1.82) is 0 Å². The van der Waals surface area contributed by atoms with Crippen LogP contribution < -0.4 is 10.6 Å². The van der Waals surface area contributed by atoms with Crippen LogP contribution in [-0.4, -0.2) is 35.6 Å². The standard InChI is InChI=1S/C14H24N4O2/c1-4-8-16-14-17-10-11(3)13(18-14)15-9-6-7-12(19)20-5-2/h10H,4-9H2,1-3H3,(H2,15,16,17,18). The lowest BCUT2D eigenvalue weighted by Crippen LogP contribution is -2.11. The summed E-state index contributed by atoms with van der Waals surface area (Å²) in [5.41, 5.74) is 0.989. The summed E-state index contributed by atoms with van der Waals surface area (Å²) in [6.07, 6.45) is 3.96. The molecular weight excluding hydrogens is 256 g/mol. The Balaban J connectivity index is 2.40. The van der Waals surface area contributed by atoms with Crippen LogP contribution in [0.4, 0.5) is 11.8 Å². The first-order valence-electron chi connectivity index (χ1n) is 7.14. The summed E-state index contributed by atoms with van der Waals surface area (Å²) in [7, 11) is 0. The highest BCUT2D eigenvalue weighted by Gasteiger charge is 2.04. The van der Waals surface area contributed by atoms with Crippen molar-refractivity contribution >= 4 is 17.7 Å². The van der Waals surface area contributed by atoms with E-state index in [0.717, 1.165) is 30.8 Å². The number of aryl methyl sites for hydroxylation is 1. The quantitative estimate of drug-likeness (QED) is 0.534. The molecule has 0 aliphatic carbocycles. The van der Waals surface area contributed by atoms with Crippen LogP contribution in [0, 0.1) is 6.92 Å². The van der Waals surface area contributed by atoms with Gasteiger partial charge in [-0.05, 0) is 26.7 Å². The van der Waals surface area contributed by atoms with Crippen LogP contribution in [0.2, 0.25) is 0 Å². The molecule has 1 aromatic rings. The van der Waals surface area contributed by atoms with E-state index in [2.05, 4.69) is 27.5 Å². The minimum Gasteiger partial charge on any atom is -0.466 e. The summed E-state index contributed by atoms with van der Waals surface area (Å²) in [6.45, 7) is 7.83. The number of ether oxygens (including phenoxy) is 1. The molecule has 1 aromatic heterocycles. The van der Waals surface area contributed by atoms with Crippen molar-refractivity contribution < 1.29 is 9.53 Å². The lowest BCUT2D eigenvalue weighted by molar-refractivity contribution is -0.143. The van der Waals surface area contributed by atoms with Crippen molar-refractivity contribution in [2.24, 2.45) is 0 Å². The molecule has 1 heterocycles. The van der Waals surface area contributed by atoms with Crippen LogP contribution in [0.15, 0.2) is 6.20 Å². The van der Waals surface area contributed by atoms with Gasteiger partial charge in [-0.1, -0.05) is 6.92 Å². The number of esters is 1. The number of aromatic nitrogens is 2. The Morgan fingerprint density at radius 2 is 2.10 bits per heavy atom. The highest BCUT2D eigenvalue weighted by atomic mass is 16.5. The van der Waals surface area contributed by atoms with Crippen LogP contribution in [0.1, 0.15) is 38.7 Å². The lowest BCUT2D eigenvalue weighted by Gasteiger charge is -2.10. The third kappa shape index (κ3) is 5.86. The van der Waals surface area contributed by atoms with Gasteiger partial charge in [-0.25, -0.2) is 4.98 Å². The molecule has 0 aliphatic rings. The average molecular weight is 280 g/mol. The van der Waals surface area contributed by atoms with Crippen molar-refractivity contribution in [3.8, 4) is 0 Å². The predicted molar refractivity (Wildman–Crippen MR) is 79.9 cm³/mol. The summed E-state index contributed by atoms with van der Waals surface area (Å²) < 4.78 is 4.88. The predicted octanol–water partition coefficient (Wildman–Crippen LogP) is 2.36. The SMILES string of the molecule is CCCNc1ncc(C)c(NCCCC(=O)OCC)n1. The smallest absolute Gasteiger partial charge is 0.305 e. The van der Waals surface area contributed by atoms with Gasteiger partial charge in [-0.2, -0.15) is 4.98 Å². The molecule has 0 bridgehead atoms. The van der Waals surface area contributed by atoms with E-state index in [1.807, 2.05) is 13.8 Å². The van der Waals surface area contributed by atoms with Crippen molar-refractivity contribution in [2.75, 3.05) is 30.3 Å². The van der Waals surface area contributed by atoms with Gasteiger partial charge < -0.3 is 15.4 Å². The Morgan fingerprint density at radius 1 is 1.30 bits per heavy atom. The Labute approximate surface area is 120 Å². The maximum Gasteiger partial charge on any atom is 0.305 e. The number of nitrogens with one attached hydrogen (secondary N) is 2. The van der Waals surface area contributed by atoms with E-state index in [9.17, 15) is 4.79 Å². The Morgan fingerprint density at radius 3 is 2.80 bits per heavy atom. The van der Waals surface area contributed by atoms with E-state index in [1.54, 1.807) is 6.20 Å². The minimum atomic E-state index is -0.154. The molecule has 6 heteroatoms. The number of hydrogen-bond acceptors (Lipinski definition) is 6. The van der Waals surface area contributed by atoms with Crippen LogP contribution in [-0.2, 0) is 9.53 Å². The molecular formula is C14H24N4O2. The number of carbonyl (C=O) groups is 1. The molecule has 0 aliphatic heterocycles. The molecule has 1 rings (SSSR count). The third-order valence-electron chi connectivity index (χ3n) is 2.66. The van der Waals surface area contributed by atoms with Gasteiger partial charge >= 0.3 is 5.97 Å². The van der Waals surface area contributed by atoms with Gasteiger partial charge in [0.15, 0.2) is 0 Å². The number of anilines is 2. The monoisotopic (exact) mass is 280 g/mol. The molecule has 0 amide bonds. The van der Waals surface area contributed by atoms with Crippen LogP contribution in [0.5, 0.6) is 0 Å². The molecule has 20 heavy (non-hydrogen) atoms. The number of hydrogen-bond donors (Lipinski definition) is 2. The molecule has 0 fully saturated rings. The van der Waals surface area contributed by atoms with Crippen LogP contribution in [0.3, 0.4) is 0 Å². The van der Waals surface area contributed by atoms with Gasteiger partial charge in [0.25, 0.3) is 0 Å². The minimum absolute atomic E-state index is 0.154. The van der Waals surface area contributed by atoms with Crippen LogP contribution in [0.25, 0.3) is 0 Å². The average Bonchev–Trinajstić information content (AvgIpc) is 2.44. The van der Waals surface area contributed by atoms with Gasteiger partial charge in [0.05, 0.1) is 6.61 Å². The van der Waals surface area contributed by atoms with Crippen molar-refractivity contribution in [1.82, 2.24) is 9.97 Å². The molecule has 2 N–H and O–H groups in total. The molecule has 0 spiro atoms. The lowest BCUT2D eigenvalue weighted by atomic mass is 10.3. The topological polar surface area (TPSA) is 76.1 Å². The second kappa shape index (κ2) is 9.12. The Kier molecular flexibility index (Phi) is 7.39. The largest absolute Gasteiger partial charge is 0.466 e. The molecule has 0 saturated heterocycles. The number of carbonyl (C=O) groups excluding carboxylic acids is 1. The highest BCUT2D eigenvalue weighted by molar-refractivity contribution is 5.69. The van der Waals surface area contributed by atoms with Crippen molar-refractivity contribution in [2.45, 2.75) is 40.0 Å². The van der Waals surface area contributed by atoms with Crippen molar-refractivity contribution in [3.63, 3.8) is 0 Å². The highest BCUT2D eigenvalue weighted by Crippen LogP contribution is 2.12. The summed E-state index contributed by atoms with van der Waals surface area (Å²) in [4.78, 5) is 19.8. The van der Waals surface area contributed by atoms with E-state index in [-0.39, 0.29) is 5.97 Å². The third-order valence-corrected chi connectivity index (χ3v) is 2.66. The summed E-state index contributed by atoms with van der Waals surface area (Å²) in [5, 5.41) is 6.38. The fourth-order valence-corrected chi connectivity index (χ4v) is 1.62. The molecule has 112 valence electrons. The van der Waals surface area contributed by atoms with E-state index in [4.69, 9.17) is 4.74 Å². The molecule has 0 unspecified atom stereocenters. The fraction of sp³-hybridized carbons (Fsp3) is 0.643. The fourth-order valence-electron chi connectivity index (χ4n) is 1.62. The van der Waals surface area contributed by atoms with Gasteiger partial charge in [0.2, 0.25) is 5.95 Å². The first-order chi connectivity index (χ1) is 9.67. The number of nitrogens with zero attached hydrogens (tertiary/aromatic N) is 2. The molecule has 0 aromatic carbocycles. The zero-order valence-electron chi connectivity index (χ0n) is 12.5.